The molecule has 2 rings (SSSR count). The Balaban J connectivity index is 1.74. The quantitative estimate of drug-likeness (QED) is 0.839. The molecule has 6 heteroatoms. The highest BCUT2D eigenvalue weighted by molar-refractivity contribution is 5.92. The van der Waals surface area contributed by atoms with Crippen molar-refractivity contribution < 1.29 is 14.0 Å². The molecule has 1 fully saturated rings. The molecule has 0 bridgehead atoms. The molecule has 1 saturated carbocycles. The number of hydrogen-bond donors (Lipinski definition) is 2. The third-order valence-corrected chi connectivity index (χ3v) is 4.39. The third-order valence-electron chi connectivity index (χ3n) is 4.39. The van der Waals surface area contributed by atoms with Crippen LogP contribution in [-0.4, -0.2) is 42.9 Å². The number of carbonyl (C=O) groups is 2. The Bertz CT molecular complexity index is 579. The van der Waals surface area contributed by atoms with E-state index in [1.807, 2.05) is 0 Å². The molecule has 1 aliphatic rings. The smallest absolute Gasteiger partial charge is 0.238 e. The number of nitrogens with one attached hydrogen (secondary N) is 2. The topological polar surface area (TPSA) is 61.4 Å². The van der Waals surface area contributed by atoms with Gasteiger partial charge in [-0.05, 0) is 44.0 Å². The van der Waals surface area contributed by atoms with Crippen molar-refractivity contribution in [2.45, 2.75) is 38.6 Å². The molecule has 5 nitrogen and oxygen atoms in total. The molecule has 1 aliphatic carbocycles. The summed E-state index contributed by atoms with van der Waals surface area (Å²) < 4.78 is 13.1. The minimum Gasteiger partial charge on any atom is -0.352 e. The summed E-state index contributed by atoms with van der Waals surface area (Å²) in [5.41, 5.74) is 0.411. The Hall–Kier alpha value is -1.95. The first kappa shape index (κ1) is 18.4. The summed E-state index contributed by atoms with van der Waals surface area (Å²) in [6.45, 7) is 2.41. The third kappa shape index (κ3) is 5.92. The lowest BCUT2D eigenvalue weighted by Gasteiger charge is -2.30. The Kier molecular flexibility index (Phi) is 6.73. The maximum atomic E-state index is 13.1. The molecule has 132 valence electrons. The number of rotatable bonds is 6. The van der Waals surface area contributed by atoms with Crippen LogP contribution in [0.2, 0.25) is 0 Å². The molecule has 0 radical (unpaired) electrons. The van der Waals surface area contributed by atoms with Crippen molar-refractivity contribution in [3.05, 3.63) is 30.1 Å². The van der Waals surface area contributed by atoms with Gasteiger partial charge in [-0.3, -0.25) is 14.5 Å². The van der Waals surface area contributed by atoms with Crippen LogP contribution >= 0.6 is 0 Å². The molecule has 2 N–H and O–H groups in total. The van der Waals surface area contributed by atoms with Crippen molar-refractivity contribution >= 4 is 17.5 Å². The normalized spacial score (nSPS) is 20.7. The number of likely N-dealkylation sites (N-methyl/N-ethyl adjacent to an activating group) is 1. The highest BCUT2D eigenvalue weighted by Crippen LogP contribution is 2.23. The molecular formula is C18H26FN3O2. The Morgan fingerprint density at radius 1 is 1.21 bits per heavy atom. The predicted octanol–water partition coefficient (Wildman–Crippen LogP) is 2.39. The maximum absolute atomic E-state index is 13.1. The van der Waals surface area contributed by atoms with Crippen molar-refractivity contribution in [3.63, 3.8) is 0 Å². The Morgan fingerprint density at radius 2 is 1.92 bits per heavy atom. The summed E-state index contributed by atoms with van der Waals surface area (Å²) >= 11 is 0. The van der Waals surface area contributed by atoms with E-state index in [-0.39, 0.29) is 30.9 Å². The summed E-state index contributed by atoms with van der Waals surface area (Å²) in [6.07, 6.45) is 4.56. The zero-order chi connectivity index (χ0) is 17.5. The van der Waals surface area contributed by atoms with E-state index in [0.29, 0.717) is 11.6 Å². The Labute approximate surface area is 142 Å². The van der Waals surface area contributed by atoms with Gasteiger partial charge >= 0.3 is 0 Å². The molecule has 2 atom stereocenters. The van der Waals surface area contributed by atoms with E-state index >= 15 is 0 Å². The first-order valence-electron chi connectivity index (χ1n) is 8.47. The van der Waals surface area contributed by atoms with Crippen molar-refractivity contribution in [1.29, 1.82) is 0 Å². The maximum Gasteiger partial charge on any atom is 0.238 e. The molecular weight excluding hydrogens is 309 g/mol. The van der Waals surface area contributed by atoms with Crippen molar-refractivity contribution in [2.75, 3.05) is 25.5 Å². The van der Waals surface area contributed by atoms with E-state index in [0.717, 1.165) is 19.3 Å². The van der Waals surface area contributed by atoms with Crippen LogP contribution in [-0.2, 0) is 9.59 Å². The highest BCUT2D eigenvalue weighted by Gasteiger charge is 2.23. The number of amides is 2. The fraction of sp³-hybridized carbons (Fsp3) is 0.556. The molecule has 1 aromatic rings. The van der Waals surface area contributed by atoms with E-state index in [4.69, 9.17) is 0 Å². The van der Waals surface area contributed by atoms with E-state index < -0.39 is 5.82 Å². The molecule has 1 aromatic carbocycles. The minimum absolute atomic E-state index is 0.0604. The average Bonchev–Trinajstić information content (AvgIpc) is 2.49. The summed E-state index contributed by atoms with van der Waals surface area (Å²) in [4.78, 5) is 25.7. The van der Waals surface area contributed by atoms with Crippen LogP contribution in [0.15, 0.2) is 24.3 Å². The van der Waals surface area contributed by atoms with Crippen molar-refractivity contribution in [3.8, 4) is 0 Å². The van der Waals surface area contributed by atoms with Crippen LogP contribution in [0.4, 0.5) is 10.1 Å². The molecule has 0 heterocycles. The van der Waals surface area contributed by atoms with Gasteiger partial charge in [0.05, 0.1) is 13.1 Å². The van der Waals surface area contributed by atoms with E-state index in [2.05, 4.69) is 17.6 Å². The van der Waals surface area contributed by atoms with Gasteiger partial charge < -0.3 is 10.6 Å². The lowest BCUT2D eigenvalue weighted by atomic mass is 9.86. The standard InChI is InChI=1S/C18H26FN3O2/c1-13-6-3-4-9-16(13)21-18(24)12-22(2)11-17(23)20-15-8-5-7-14(19)10-15/h5,7-8,10,13,16H,3-4,6,9,11-12H2,1-2H3,(H,20,23)(H,21,24)/t13-,16-/m1/s1. The summed E-state index contributed by atoms with van der Waals surface area (Å²) in [6, 6.07) is 5.97. The molecule has 24 heavy (non-hydrogen) atoms. The van der Waals surface area contributed by atoms with Gasteiger partial charge in [0.15, 0.2) is 0 Å². The lowest BCUT2D eigenvalue weighted by Crippen LogP contribution is -2.46. The van der Waals surface area contributed by atoms with Crippen LogP contribution in [0.25, 0.3) is 0 Å². The first-order chi connectivity index (χ1) is 11.4. The second kappa shape index (κ2) is 8.78. The molecule has 0 saturated heterocycles. The first-order valence-corrected chi connectivity index (χ1v) is 8.47. The van der Waals surface area contributed by atoms with E-state index in [1.54, 1.807) is 18.0 Å². The number of nitrogens with zero attached hydrogens (tertiary/aromatic N) is 1. The number of carbonyl (C=O) groups excluding carboxylic acids is 2. The number of benzene rings is 1. The van der Waals surface area contributed by atoms with Crippen molar-refractivity contribution in [1.82, 2.24) is 10.2 Å². The summed E-state index contributed by atoms with van der Waals surface area (Å²) in [7, 11) is 1.72. The van der Waals surface area contributed by atoms with Gasteiger partial charge in [-0.1, -0.05) is 25.8 Å². The zero-order valence-electron chi connectivity index (χ0n) is 14.3. The Morgan fingerprint density at radius 3 is 2.62 bits per heavy atom. The molecule has 2 amide bonds. The number of hydrogen-bond acceptors (Lipinski definition) is 3. The van der Waals surface area contributed by atoms with Gasteiger partial charge in [0.1, 0.15) is 5.82 Å². The number of anilines is 1. The second-order valence-electron chi connectivity index (χ2n) is 6.67. The van der Waals surface area contributed by atoms with Crippen LogP contribution in [0.5, 0.6) is 0 Å². The lowest BCUT2D eigenvalue weighted by molar-refractivity contribution is -0.124. The molecule has 0 spiro atoms. The minimum atomic E-state index is -0.401. The summed E-state index contributed by atoms with van der Waals surface area (Å²) in [5, 5.41) is 5.69. The second-order valence-corrected chi connectivity index (χ2v) is 6.67. The molecule has 0 aliphatic heterocycles. The van der Waals surface area contributed by atoms with Gasteiger partial charge in [0.25, 0.3) is 0 Å². The van der Waals surface area contributed by atoms with E-state index in [9.17, 15) is 14.0 Å². The van der Waals surface area contributed by atoms with Crippen LogP contribution < -0.4 is 10.6 Å². The average molecular weight is 335 g/mol. The van der Waals surface area contributed by atoms with Crippen LogP contribution in [0, 0.1) is 11.7 Å². The van der Waals surface area contributed by atoms with Gasteiger partial charge in [-0.25, -0.2) is 4.39 Å². The van der Waals surface area contributed by atoms with Crippen LogP contribution in [0.1, 0.15) is 32.6 Å². The molecule has 0 aromatic heterocycles. The fourth-order valence-electron chi connectivity index (χ4n) is 3.10. The van der Waals surface area contributed by atoms with Gasteiger partial charge in [0.2, 0.25) is 11.8 Å². The van der Waals surface area contributed by atoms with Gasteiger partial charge in [-0.2, -0.15) is 0 Å². The predicted molar refractivity (Wildman–Crippen MR) is 92.1 cm³/mol. The monoisotopic (exact) mass is 335 g/mol. The highest BCUT2D eigenvalue weighted by atomic mass is 19.1. The van der Waals surface area contributed by atoms with Crippen molar-refractivity contribution in [2.24, 2.45) is 5.92 Å². The SMILES string of the molecule is C[C@@H]1CCCC[C@H]1NC(=O)CN(C)CC(=O)Nc1cccc(F)c1. The molecule has 0 unspecified atom stereocenters. The zero-order valence-corrected chi connectivity index (χ0v) is 14.3. The van der Waals surface area contributed by atoms with Gasteiger partial charge in [-0.15, -0.1) is 0 Å². The van der Waals surface area contributed by atoms with E-state index in [1.165, 1.54) is 24.6 Å². The van der Waals surface area contributed by atoms with Gasteiger partial charge in [0, 0.05) is 11.7 Å². The summed E-state index contributed by atoms with van der Waals surface area (Å²) in [5.74, 6) is -0.233. The fourth-order valence-corrected chi connectivity index (χ4v) is 3.10. The largest absolute Gasteiger partial charge is 0.352 e. The van der Waals surface area contributed by atoms with Crippen LogP contribution in [0.3, 0.4) is 0 Å². The number of halogens is 1.